The van der Waals surface area contributed by atoms with Crippen LogP contribution >= 0.6 is 0 Å². The molecule has 0 aliphatic rings. The largest absolute Gasteiger partial charge is 0.497 e. The lowest BCUT2D eigenvalue weighted by molar-refractivity contribution is 0.415. The molecule has 0 amide bonds. The van der Waals surface area contributed by atoms with Crippen molar-refractivity contribution in [1.29, 1.82) is 5.41 Å². The zero-order valence-electron chi connectivity index (χ0n) is 9.47. The minimum atomic E-state index is 0.311. The number of hydrogen-bond acceptors (Lipinski definition) is 3. The second kappa shape index (κ2) is 5.12. The quantitative estimate of drug-likeness (QED) is 0.625. The number of hydrogen-bond donors (Lipinski definition) is 2. The molecule has 0 atom stereocenters. The SMILES string of the molecule is COc1ccc(C(=N)Nc2ccccn2)cc1. The van der Waals surface area contributed by atoms with E-state index in [1.807, 2.05) is 42.5 Å². The van der Waals surface area contributed by atoms with Gasteiger partial charge in [-0.05, 0) is 36.4 Å². The van der Waals surface area contributed by atoms with Gasteiger partial charge in [0.05, 0.1) is 7.11 Å². The summed E-state index contributed by atoms with van der Waals surface area (Å²) in [5, 5.41) is 10.8. The van der Waals surface area contributed by atoms with Gasteiger partial charge in [0.15, 0.2) is 0 Å². The smallest absolute Gasteiger partial charge is 0.131 e. The first-order valence-electron chi connectivity index (χ1n) is 5.20. The Morgan fingerprint density at radius 1 is 1.18 bits per heavy atom. The van der Waals surface area contributed by atoms with Gasteiger partial charge in [-0.2, -0.15) is 0 Å². The predicted molar refractivity (Wildman–Crippen MR) is 67.7 cm³/mol. The molecule has 0 saturated carbocycles. The van der Waals surface area contributed by atoms with Crippen LogP contribution in [0.3, 0.4) is 0 Å². The maximum atomic E-state index is 7.90. The first-order chi connectivity index (χ1) is 8.29. The van der Waals surface area contributed by atoms with Crippen LogP contribution in [-0.2, 0) is 0 Å². The van der Waals surface area contributed by atoms with E-state index in [0.29, 0.717) is 11.7 Å². The van der Waals surface area contributed by atoms with Crippen molar-refractivity contribution in [2.75, 3.05) is 12.4 Å². The summed E-state index contributed by atoms with van der Waals surface area (Å²) in [6.45, 7) is 0. The fraction of sp³-hybridized carbons (Fsp3) is 0.0769. The van der Waals surface area contributed by atoms with Gasteiger partial charge >= 0.3 is 0 Å². The molecule has 0 saturated heterocycles. The Balaban J connectivity index is 2.09. The number of anilines is 1. The van der Waals surface area contributed by atoms with Gasteiger partial charge in [-0.3, -0.25) is 5.41 Å². The molecular weight excluding hydrogens is 214 g/mol. The molecular formula is C13H13N3O. The van der Waals surface area contributed by atoms with E-state index in [4.69, 9.17) is 10.1 Å². The molecule has 0 fully saturated rings. The third-order valence-electron chi connectivity index (χ3n) is 2.30. The van der Waals surface area contributed by atoms with E-state index in [1.54, 1.807) is 13.3 Å². The summed E-state index contributed by atoms with van der Waals surface area (Å²) in [4.78, 5) is 4.10. The van der Waals surface area contributed by atoms with Crippen molar-refractivity contribution >= 4 is 11.7 Å². The van der Waals surface area contributed by atoms with Gasteiger partial charge in [0.25, 0.3) is 0 Å². The fourth-order valence-electron chi connectivity index (χ4n) is 1.39. The average Bonchev–Trinajstić information content (AvgIpc) is 2.40. The molecule has 4 heteroatoms. The summed E-state index contributed by atoms with van der Waals surface area (Å²) in [6, 6.07) is 12.8. The van der Waals surface area contributed by atoms with Crippen LogP contribution in [0.1, 0.15) is 5.56 Å². The summed E-state index contributed by atoms with van der Waals surface area (Å²) in [5.41, 5.74) is 0.788. The van der Waals surface area contributed by atoms with Crippen molar-refractivity contribution in [3.05, 3.63) is 54.2 Å². The van der Waals surface area contributed by atoms with E-state index in [2.05, 4.69) is 10.3 Å². The van der Waals surface area contributed by atoms with Crippen LogP contribution in [-0.4, -0.2) is 17.9 Å². The van der Waals surface area contributed by atoms with Gasteiger partial charge in [0.2, 0.25) is 0 Å². The maximum Gasteiger partial charge on any atom is 0.131 e. The standard InChI is InChI=1S/C13H13N3O/c1-17-11-7-5-10(6-8-11)13(14)16-12-4-2-3-9-15-12/h2-9H,1H3,(H2,14,15,16). The monoisotopic (exact) mass is 227 g/mol. The predicted octanol–water partition coefficient (Wildman–Crippen LogP) is 2.53. The first-order valence-corrected chi connectivity index (χ1v) is 5.20. The van der Waals surface area contributed by atoms with Crippen molar-refractivity contribution in [1.82, 2.24) is 4.98 Å². The minimum absolute atomic E-state index is 0.311. The van der Waals surface area contributed by atoms with Crippen molar-refractivity contribution in [3.8, 4) is 5.75 Å². The highest BCUT2D eigenvalue weighted by molar-refractivity contribution is 6.05. The number of rotatable bonds is 3. The maximum absolute atomic E-state index is 7.90. The number of nitrogens with one attached hydrogen (secondary N) is 2. The Bertz CT molecular complexity index is 494. The van der Waals surface area contributed by atoms with Crippen LogP contribution in [0.2, 0.25) is 0 Å². The molecule has 0 unspecified atom stereocenters. The summed E-state index contributed by atoms with van der Waals surface area (Å²) in [6.07, 6.45) is 1.68. The van der Waals surface area contributed by atoms with E-state index in [0.717, 1.165) is 11.3 Å². The fourth-order valence-corrected chi connectivity index (χ4v) is 1.39. The van der Waals surface area contributed by atoms with Crippen LogP contribution in [0.5, 0.6) is 5.75 Å². The summed E-state index contributed by atoms with van der Waals surface area (Å²) in [5.74, 6) is 1.75. The highest BCUT2D eigenvalue weighted by Crippen LogP contribution is 2.12. The van der Waals surface area contributed by atoms with Crippen LogP contribution < -0.4 is 10.1 Å². The van der Waals surface area contributed by atoms with Crippen LogP contribution in [0.15, 0.2) is 48.7 Å². The second-order valence-corrected chi connectivity index (χ2v) is 3.44. The lowest BCUT2D eigenvalue weighted by atomic mass is 10.2. The van der Waals surface area contributed by atoms with Crippen molar-refractivity contribution in [2.45, 2.75) is 0 Å². The Morgan fingerprint density at radius 2 is 1.94 bits per heavy atom. The highest BCUT2D eigenvalue weighted by atomic mass is 16.5. The molecule has 0 bridgehead atoms. The lowest BCUT2D eigenvalue weighted by Crippen LogP contribution is -2.12. The molecule has 0 aliphatic carbocycles. The van der Waals surface area contributed by atoms with Gasteiger partial charge in [0, 0.05) is 11.8 Å². The van der Waals surface area contributed by atoms with E-state index in [1.165, 1.54) is 0 Å². The Kier molecular flexibility index (Phi) is 3.35. The summed E-state index contributed by atoms with van der Waals surface area (Å²) >= 11 is 0. The molecule has 1 aromatic carbocycles. The van der Waals surface area contributed by atoms with Gasteiger partial charge in [-0.25, -0.2) is 4.98 Å². The van der Waals surface area contributed by atoms with Gasteiger partial charge in [-0.15, -0.1) is 0 Å². The van der Waals surface area contributed by atoms with E-state index in [-0.39, 0.29) is 0 Å². The van der Waals surface area contributed by atoms with Gasteiger partial charge in [-0.1, -0.05) is 6.07 Å². The molecule has 0 aliphatic heterocycles. The normalized spacial score (nSPS) is 9.71. The Labute approximate surface area is 99.8 Å². The number of nitrogens with zero attached hydrogens (tertiary/aromatic N) is 1. The van der Waals surface area contributed by atoms with Crippen molar-refractivity contribution < 1.29 is 4.74 Å². The van der Waals surface area contributed by atoms with E-state index in [9.17, 15) is 0 Å². The third-order valence-corrected chi connectivity index (χ3v) is 2.30. The number of methoxy groups -OCH3 is 1. The van der Waals surface area contributed by atoms with Crippen molar-refractivity contribution in [3.63, 3.8) is 0 Å². The number of amidine groups is 1. The molecule has 1 aromatic heterocycles. The Hall–Kier alpha value is -2.36. The molecule has 17 heavy (non-hydrogen) atoms. The highest BCUT2D eigenvalue weighted by Gasteiger charge is 2.02. The number of ether oxygens (including phenoxy) is 1. The average molecular weight is 227 g/mol. The molecule has 4 nitrogen and oxygen atoms in total. The number of aromatic nitrogens is 1. The Morgan fingerprint density at radius 3 is 2.53 bits per heavy atom. The van der Waals surface area contributed by atoms with Gasteiger partial charge in [0.1, 0.15) is 17.4 Å². The first kappa shape index (κ1) is 11.1. The third kappa shape index (κ3) is 2.81. The molecule has 2 aromatic rings. The minimum Gasteiger partial charge on any atom is -0.497 e. The van der Waals surface area contributed by atoms with Crippen LogP contribution in [0.4, 0.5) is 5.82 Å². The second-order valence-electron chi connectivity index (χ2n) is 3.44. The van der Waals surface area contributed by atoms with Crippen LogP contribution in [0.25, 0.3) is 0 Å². The molecule has 0 radical (unpaired) electrons. The molecule has 1 heterocycles. The number of pyridine rings is 1. The number of benzene rings is 1. The topological polar surface area (TPSA) is 58.0 Å². The van der Waals surface area contributed by atoms with E-state index < -0.39 is 0 Å². The molecule has 2 N–H and O–H groups in total. The van der Waals surface area contributed by atoms with E-state index >= 15 is 0 Å². The zero-order valence-corrected chi connectivity index (χ0v) is 9.47. The van der Waals surface area contributed by atoms with Crippen molar-refractivity contribution in [2.24, 2.45) is 0 Å². The molecule has 86 valence electrons. The lowest BCUT2D eigenvalue weighted by Gasteiger charge is -2.07. The molecule has 0 spiro atoms. The summed E-state index contributed by atoms with van der Waals surface area (Å²) < 4.78 is 5.06. The van der Waals surface area contributed by atoms with Crippen LogP contribution in [0, 0.1) is 5.41 Å². The molecule has 2 rings (SSSR count). The zero-order chi connectivity index (χ0) is 12.1. The van der Waals surface area contributed by atoms with Gasteiger partial charge < -0.3 is 10.1 Å². The summed E-state index contributed by atoms with van der Waals surface area (Å²) in [7, 11) is 1.62.